The van der Waals surface area contributed by atoms with Gasteiger partial charge >= 0.3 is 24.0 Å². The predicted octanol–water partition coefficient (Wildman–Crippen LogP) is 12.4. The highest BCUT2D eigenvalue weighted by Gasteiger charge is 2.50. The number of amides is 2. The van der Waals surface area contributed by atoms with Gasteiger partial charge in [-0.05, 0) is 117 Å². The highest BCUT2D eigenvalue weighted by molar-refractivity contribution is 6.38. The SMILES string of the molecule is CCC[C@H](CC(=O)[C@@H]1C[C@@H](Oc2ccc(Cl)cn2)CN1C(=O)[C@@H](CC(=O)[C@@H](Nc1nc(OC)nc(OC)n1)C1CCCCC1)C(C)(C)C)C(=O)C(=O)CC1CC1.CCC[C@H](CC(=O)[C@@H]1C[C@@H](Oc2ccc(Cl)cn2)CN1C(=O)[C@@H](CC(=O)[C@@H](Nc1nc(OC)nc(OC)n1)C1CCCCC1)C(C)(C)C)C(O)C(=O)CC1CC1. The minimum atomic E-state index is -1.25. The Hall–Kier alpha value is -8.11. The number of anilines is 2. The van der Waals surface area contributed by atoms with Gasteiger partial charge in [0.15, 0.2) is 34.7 Å². The van der Waals surface area contributed by atoms with Crippen molar-refractivity contribution in [2.24, 2.45) is 58.2 Å². The van der Waals surface area contributed by atoms with Crippen molar-refractivity contribution in [1.29, 1.82) is 0 Å². The Morgan fingerprint density at radius 1 is 0.509 bits per heavy atom. The number of ketones is 7. The number of nitrogens with zero attached hydrogens (tertiary/aromatic N) is 10. The number of halogens is 2. The maximum Gasteiger partial charge on any atom is 0.324 e. The summed E-state index contributed by atoms with van der Waals surface area (Å²) in [5.41, 5.74) is -1.37. The molecule has 1 unspecified atom stereocenters. The Balaban J connectivity index is 0.000000257. The molecule has 10 rings (SSSR count). The smallest absolute Gasteiger partial charge is 0.324 e. The lowest BCUT2D eigenvalue weighted by Gasteiger charge is -2.37. The third-order valence-electron chi connectivity index (χ3n) is 22.7. The van der Waals surface area contributed by atoms with Crippen LogP contribution < -0.4 is 39.1 Å². The van der Waals surface area contributed by atoms with E-state index in [1.165, 1.54) is 45.7 Å². The van der Waals surface area contributed by atoms with E-state index in [1.807, 2.05) is 55.4 Å². The second-order valence-corrected chi connectivity index (χ2v) is 34.3. The van der Waals surface area contributed by atoms with Crippen molar-refractivity contribution in [3.8, 4) is 35.8 Å². The second kappa shape index (κ2) is 40.8. The maximum atomic E-state index is 14.9. The van der Waals surface area contributed by atoms with E-state index in [0.717, 1.165) is 89.9 Å². The lowest BCUT2D eigenvalue weighted by Crippen LogP contribution is -2.49. The molecule has 2 aliphatic heterocycles. The Morgan fingerprint density at radius 2 is 0.902 bits per heavy atom. The lowest BCUT2D eigenvalue weighted by atomic mass is 9.74. The van der Waals surface area contributed by atoms with Gasteiger partial charge in [0.25, 0.3) is 0 Å². The van der Waals surface area contributed by atoms with Crippen LogP contribution in [-0.2, 0) is 43.2 Å². The number of aliphatic hydroxyl groups is 1. The summed E-state index contributed by atoms with van der Waals surface area (Å²) < 4.78 is 33.4. The van der Waals surface area contributed by atoms with Gasteiger partial charge in [0, 0.05) is 93.6 Å². The van der Waals surface area contributed by atoms with Crippen molar-refractivity contribution in [2.45, 2.75) is 265 Å². The van der Waals surface area contributed by atoms with Crippen LogP contribution in [-0.4, -0.2) is 191 Å². The Kier molecular flexibility index (Phi) is 32.0. The van der Waals surface area contributed by atoms with E-state index < -0.39 is 88.5 Å². The molecule has 2 saturated heterocycles. The topological polar surface area (TPSA) is 363 Å². The number of aromatic nitrogens is 8. The molecule has 4 aromatic heterocycles. The highest BCUT2D eigenvalue weighted by Crippen LogP contribution is 2.42. The van der Waals surface area contributed by atoms with Gasteiger partial charge in [-0.15, -0.1) is 9.97 Å². The van der Waals surface area contributed by atoms with E-state index in [1.54, 1.807) is 29.2 Å². The predicted molar refractivity (Wildman–Crippen MR) is 418 cm³/mol. The van der Waals surface area contributed by atoms with Gasteiger partial charge in [0.05, 0.1) is 75.7 Å². The summed E-state index contributed by atoms with van der Waals surface area (Å²) in [6.07, 6.45) is 16.3. The van der Waals surface area contributed by atoms with E-state index in [2.05, 4.69) is 50.5 Å². The van der Waals surface area contributed by atoms with Crippen molar-refractivity contribution in [3.63, 3.8) is 0 Å². The van der Waals surface area contributed by atoms with Crippen LogP contribution in [0.5, 0.6) is 35.8 Å². The summed E-state index contributed by atoms with van der Waals surface area (Å²) in [7, 11) is 5.72. The largest absolute Gasteiger partial charge is 0.472 e. The fourth-order valence-corrected chi connectivity index (χ4v) is 16.3. The molecule has 0 aromatic carbocycles. The van der Waals surface area contributed by atoms with Crippen molar-refractivity contribution < 1.29 is 76.7 Å². The van der Waals surface area contributed by atoms with Crippen LogP contribution in [0.15, 0.2) is 36.7 Å². The molecular formula is C82H116Cl2N12O16. The van der Waals surface area contributed by atoms with Crippen LogP contribution in [0.25, 0.3) is 0 Å². The van der Waals surface area contributed by atoms with Crippen molar-refractivity contribution in [1.82, 2.24) is 49.7 Å². The molecule has 4 aliphatic carbocycles. The summed E-state index contributed by atoms with van der Waals surface area (Å²) in [6.45, 7) is 15.5. The molecule has 6 heterocycles. The third kappa shape index (κ3) is 24.9. The molecule has 6 aliphatic rings. The number of ether oxygens (including phenoxy) is 6. The highest BCUT2D eigenvalue weighted by atomic mass is 35.5. The van der Waals surface area contributed by atoms with Gasteiger partial charge in [-0.25, -0.2) is 9.97 Å². The number of likely N-dealkylation sites (tertiary alicyclic amines) is 2. The van der Waals surface area contributed by atoms with Gasteiger partial charge in [0.1, 0.15) is 18.3 Å². The monoisotopic (exact) mass is 1590 g/mol. The first kappa shape index (κ1) is 87.8. The molecule has 30 heteroatoms. The van der Waals surface area contributed by atoms with E-state index >= 15 is 0 Å². The van der Waals surface area contributed by atoms with Gasteiger partial charge < -0.3 is 54.0 Å². The number of carbonyl (C=O) groups is 9. The second-order valence-electron chi connectivity index (χ2n) is 33.4. The first-order chi connectivity index (χ1) is 53.4. The zero-order chi connectivity index (χ0) is 81.1. The molecule has 112 heavy (non-hydrogen) atoms. The van der Waals surface area contributed by atoms with Crippen LogP contribution >= 0.6 is 23.2 Å². The average molecular weight is 1600 g/mol. The minimum Gasteiger partial charge on any atom is -0.472 e. The zero-order valence-electron chi connectivity index (χ0n) is 67.2. The Bertz CT molecular complexity index is 3820. The average Bonchev–Trinajstić information content (AvgIpc) is 1.62. The molecule has 0 spiro atoms. The summed E-state index contributed by atoms with van der Waals surface area (Å²) >= 11 is 12.1. The lowest BCUT2D eigenvalue weighted by molar-refractivity contribution is -0.147. The van der Waals surface area contributed by atoms with Crippen molar-refractivity contribution in [3.05, 3.63) is 46.7 Å². The van der Waals surface area contributed by atoms with Crippen LogP contribution in [0, 0.1) is 58.2 Å². The molecule has 0 bridgehead atoms. The first-order valence-electron chi connectivity index (χ1n) is 40.2. The van der Waals surface area contributed by atoms with Gasteiger partial charge in [-0.2, -0.15) is 19.9 Å². The number of aliphatic hydroxyl groups excluding tert-OH is 1. The number of hydrogen-bond donors (Lipinski definition) is 3. The molecule has 2 amide bonds. The number of Topliss-reactive ketones (excluding diaryl/α,β-unsaturated/α-hetero) is 7. The molecule has 3 N–H and O–H groups in total. The number of methoxy groups -OCH3 is 4. The first-order valence-corrected chi connectivity index (χ1v) is 40.9. The molecular weight excluding hydrogens is 1480 g/mol. The van der Waals surface area contributed by atoms with E-state index in [9.17, 15) is 48.3 Å². The molecule has 614 valence electrons. The standard InChI is InChI=1S/C41H59ClN6O8.C41H57ClN6O8/c2*1-7-11-26(36(52)33(51)18-24-14-15-24)19-31(49)30-20-28(56-34-17-16-27(42)22-43-34)23-48(30)37(53)29(41(2,3)4)21-32(50)35(25-12-9-8-10-13-25)44-38-45-39(54-5)47-40(46-38)55-6/h16-17,22,24-26,28-30,35-36,52H,7-15,18-21,23H2,1-6H3,(H,44,45,46,47);16-17,22,24-26,28-30,35H,7-15,18-21,23H2,1-6H3,(H,44,45,46,47)/t26-,28-,29-,30+,35+,36?;26-,28-,29-,30+,35+/m11/s1. The molecule has 4 saturated carbocycles. The van der Waals surface area contributed by atoms with Gasteiger partial charge in [0.2, 0.25) is 41.3 Å². The molecule has 28 nitrogen and oxygen atoms in total. The number of nitrogens with one attached hydrogen (secondary N) is 2. The van der Waals surface area contributed by atoms with E-state index in [4.69, 9.17) is 51.6 Å². The minimum absolute atomic E-state index is 0.0175. The third-order valence-corrected chi connectivity index (χ3v) is 23.2. The quantitative estimate of drug-likeness (QED) is 0.0348. The molecule has 4 aromatic rings. The van der Waals surface area contributed by atoms with Crippen LogP contribution in [0.4, 0.5) is 11.9 Å². The number of rotatable bonds is 40. The summed E-state index contributed by atoms with van der Waals surface area (Å²) in [4.78, 5) is 164. The van der Waals surface area contributed by atoms with E-state index in [0.29, 0.717) is 59.8 Å². The maximum absolute atomic E-state index is 14.9. The fourth-order valence-electron chi connectivity index (χ4n) is 16.1. The number of pyridine rings is 2. The Labute approximate surface area is 668 Å². The number of hydrogen-bond acceptors (Lipinski definition) is 26. The molecule has 11 atom stereocenters. The van der Waals surface area contributed by atoms with Crippen LogP contribution in [0.1, 0.15) is 222 Å². The molecule has 6 fully saturated rings. The van der Waals surface area contributed by atoms with Crippen molar-refractivity contribution in [2.75, 3.05) is 52.2 Å². The normalized spacial score (nSPS) is 20.8. The van der Waals surface area contributed by atoms with Crippen LogP contribution in [0.2, 0.25) is 10.0 Å². The zero-order valence-corrected chi connectivity index (χ0v) is 68.7. The number of carbonyl (C=O) groups excluding carboxylic acids is 9. The van der Waals surface area contributed by atoms with Gasteiger partial charge in [-0.3, -0.25) is 43.2 Å². The van der Waals surface area contributed by atoms with E-state index in [-0.39, 0.29) is 152 Å². The fraction of sp³-hybridized carbons (Fsp3) is 0.695. The summed E-state index contributed by atoms with van der Waals surface area (Å²) in [6, 6.07) is 3.47. The Morgan fingerprint density at radius 3 is 1.26 bits per heavy atom. The summed E-state index contributed by atoms with van der Waals surface area (Å²) in [5.74, 6) is -4.30. The molecule has 0 radical (unpaired) electrons. The van der Waals surface area contributed by atoms with Gasteiger partial charge in [-0.1, -0.05) is 130 Å². The summed E-state index contributed by atoms with van der Waals surface area (Å²) in [5, 5.41) is 18.5. The van der Waals surface area contributed by atoms with Crippen LogP contribution in [0.3, 0.4) is 0 Å². The van der Waals surface area contributed by atoms with Crippen molar-refractivity contribution >= 4 is 87.4 Å².